The summed E-state index contributed by atoms with van der Waals surface area (Å²) in [5, 5.41) is 10.4. The van der Waals surface area contributed by atoms with Crippen LogP contribution in [0.3, 0.4) is 0 Å². The summed E-state index contributed by atoms with van der Waals surface area (Å²) in [5.41, 5.74) is 3.43. The normalized spacial score (nSPS) is 12.4. The molecule has 5 nitrogen and oxygen atoms in total. The number of hydroxylamine groups is 1. The van der Waals surface area contributed by atoms with Crippen LogP contribution >= 0.6 is 0 Å². The minimum absolute atomic E-state index is 0.197. The van der Waals surface area contributed by atoms with Crippen LogP contribution in [0.1, 0.15) is 11.6 Å². The van der Waals surface area contributed by atoms with Gasteiger partial charge < -0.3 is 4.84 Å². The van der Waals surface area contributed by atoms with Gasteiger partial charge in [-0.1, -0.05) is 30.3 Å². The monoisotopic (exact) mass is 196 g/mol. The van der Waals surface area contributed by atoms with Crippen molar-refractivity contribution >= 4 is 0 Å². The van der Waals surface area contributed by atoms with Crippen molar-refractivity contribution in [3.05, 3.63) is 46.0 Å². The van der Waals surface area contributed by atoms with E-state index in [1.165, 1.54) is 7.11 Å². The van der Waals surface area contributed by atoms with E-state index >= 15 is 0 Å². The number of hydrogen-bond donors (Lipinski definition) is 1. The Labute approximate surface area is 81.8 Å². The van der Waals surface area contributed by atoms with Crippen molar-refractivity contribution in [2.75, 3.05) is 13.7 Å². The Bertz CT molecular complexity index is 289. The van der Waals surface area contributed by atoms with Crippen LogP contribution in [0.15, 0.2) is 30.3 Å². The molecule has 0 heterocycles. The first kappa shape index (κ1) is 10.6. The smallest absolute Gasteiger partial charge is 0.225 e. The molecule has 0 fully saturated rings. The molecule has 0 spiro atoms. The van der Waals surface area contributed by atoms with E-state index in [0.717, 1.165) is 5.56 Å². The van der Waals surface area contributed by atoms with E-state index in [9.17, 15) is 10.1 Å². The van der Waals surface area contributed by atoms with Gasteiger partial charge >= 0.3 is 0 Å². The van der Waals surface area contributed by atoms with E-state index < -0.39 is 6.04 Å². The van der Waals surface area contributed by atoms with Crippen molar-refractivity contribution in [3.8, 4) is 0 Å². The molecular weight excluding hydrogens is 184 g/mol. The van der Waals surface area contributed by atoms with Gasteiger partial charge in [0.1, 0.15) is 6.04 Å². The molecule has 0 aliphatic carbocycles. The number of nitrogens with one attached hydrogen (secondary N) is 1. The van der Waals surface area contributed by atoms with Crippen LogP contribution < -0.4 is 5.48 Å². The molecule has 1 unspecified atom stereocenters. The van der Waals surface area contributed by atoms with Crippen LogP contribution in [0.2, 0.25) is 0 Å². The van der Waals surface area contributed by atoms with Crippen LogP contribution in [0, 0.1) is 10.1 Å². The summed E-state index contributed by atoms with van der Waals surface area (Å²) in [7, 11) is 1.44. The predicted molar refractivity (Wildman–Crippen MR) is 51.2 cm³/mol. The Hall–Kier alpha value is -1.46. The minimum Gasteiger partial charge on any atom is -0.304 e. The molecule has 1 aromatic carbocycles. The third-order valence-electron chi connectivity index (χ3n) is 1.79. The quantitative estimate of drug-likeness (QED) is 0.566. The summed E-state index contributed by atoms with van der Waals surface area (Å²) in [6, 6.07) is 8.76. The van der Waals surface area contributed by atoms with Crippen molar-refractivity contribution in [1.82, 2.24) is 5.48 Å². The van der Waals surface area contributed by atoms with Gasteiger partial charge in [0, 0.05) is 4.92 Å². The Morgan fingerprint density at radius 1 is 1.50 bits per heavy atom. The van der Waals surface area contributed by atoms with Crippen molar-refractivity contribution in [1.29, 1.82) is 0 Å². The van der Waals surface area contributed by atoms with Gasteiger partial charge in [-0.2, -0.15) is 5.48 Å². The molecule has 1 N–H and O–H groups in total. The third kappa shape index (κ3) is 3.12. The maximum Gasteiger partial charge on any atom is 0.225 e. The van der Waals surface area contributed by atoms with Crippen molar-refractivity contribution < 1.29 is 9.76 Å². The number of benzene rings is 1. The molecule has 5 heteroatoms. The first-order chi connectivity index (χ1) is 6.74. The number of nitrogens with zero attached hydrogens (tertiary/aromatic N) is 1. The van der Waals surface area contributed by atoms with E-state index in [0.29, 0.717) is 0 Å². The van der Waals surface area contributed by atoms with Crippen LogP contribution in [-0.2, 0) is 4.84 Å². The zero-order chi connectivity index (χ0) is 10.4. The molecule has 76 valence electrons. The highest BCUT2D eigenvalue weighted by atomic mass is 16.6. The van der Waals surface area contributed by atoms with Gasteiger partial charge in [-0.25, -0.2) is 0 Å². The minimum atomic E-state index is -0.406. The molecule has 0 aromatic heterocycles. The molecule has 1 aromatic rings. The fourth-order valence-electron chi connectivity index (χ4n) is 1.19. The molecule has 0 saturated heterocycles. The second-order valence-electron chi connectivity index (χ2n) is 2.80. The number of rotatable bonds is 5. The maximum atomic E-state index is 10.4. The van der Waals surface area contributed by atoms with E-state index in [1.54, 1.807) is 0 Å². The van der Waals surface area contributed by atoms with Crippen LogP contribution in [0.25, 0.3) is 0 Å². The number of nitro groups is 1. The Morgan fingerprint density at radius 3 is 2.64 bits per heavy atom. The highest BCUT2D eigenvalue weighted by Gasteiger charge is 2.16. The Morgan fingerprint density at radius 2 is 2.14 bits per heavy atom. The second-order valence-corrected chi connectivity index (χ2v) is 2.80. The van der Waals surface area contributed by atoms with Gasteiger partial charge in [0.15, 0.2) is 0 Å². The lowest BCUT2D eigenvalue weighted by atomic mass is 10.1. The molecule has 0 aliphatic rings. The molecule has 1 rings (SSSR count). The van der Waals surface area contributed by atoms with E-state index in [1.807, 2.05) is 30.3 Å². The Kier molecular flexibility index (Phi) is 4.03. The van der Waals surface area contributed by atoms with Crippen molar-refractivity contribution in [3.63, 3.8) is 0 Å². The van der Waals surface area contributed by atoms with Crippen LogP contribution in [-0.4, -0.2) is 18.6 Å². The maximum absolute atomic E-state index is 10.4. The number of hydrogen-bond acceptors (Lipinski definition) is 4. The van der Waals surface area contributed by atoms with Gasteiger partial charge in [-0.15, -0.1) is 0 Å². The largest absolute Gasteiger partial charge is 0.304 e. The molecule has 0 saturated carbocycles. The van der Waals surface area contributed by atoms with Crippen LogP contribution in [0.4, 0.5) is 0 Å². The highest BCUT2D eigenvalue weighted by Crippen LogP contribution is 2.12. The lowest BCUT2D eigenvalue weighted by Gasteiger charge is -2.12. The summed E-state index contributed by atoms with van der Waals surface area (Å²) >= 11 is 0. The molecule has 0 radical (unpaired) electrons. The standard InChI is InChI=1S/C9H12N2O3/c1-14-10-9(7-11(12)13)8-5-3-2-4-6-8/h2-6,9-10H,7H2,1H3. The average Bonchev–Trinajstić information content (AvgIpc) is 2.18. The molecule has 14 heavy (non-hydrogen) atoms. The fraction of sp³-hybridized carbons (Fsp3) is 0.333. The SMILES string of the molecule is CONC(C[N+](=O)[O-])c1ccccc1. The van der Waals surface area contributed by atoms with Gasteiger partial charge in [0.25, 0.3) is 0 Å². The lowest BCUT2D eigenvalue weighted by molar-refractivity contribution is -0.486. The average molecular weight is 196 g/mol. The molecular formula is C9H12N2O3. The third-order valence-corrected chi connectivity index (χ3v) is 1.79. The molecule has 1 atom stereocenters. The lowest BCUT2D eigenvalue weighted by Crippen LogP contribution is -2.26. The van der Waals surface area contributed by atoms with Gasteiger partial charge in [-0.3, -0.25) is 10.1 Å². The van der Waals surface area contributed by atoms with Crippen molar-refractivity contribution in [2.45, 2.75) is 6.04 Å². The van der Waals surface area contributed by atoms with E-state index in [-0.39, 0.29) is 11.5 Å². The van der Waals surface area contributed by atoms with Gasteiger partial charge in [0.2, 0.25) is 6.54 Å². The second kappa shape index (κ2) is 5.31. The zero-order valence-electron chi connectivity index (χ0n) is 7.84. The summed E-state index contributed by atoms with van der Waals surface area (Å²) < 4.78 is 0. The van der Waals surface area contributed by atoms with E-state index in [2.05, 4.69) is 5.48 Å². The van der Waals surface area contributed by atoms with Gasteiger partial charge in [0.05, 0.1) is 7.11 Å². The molecule has 0 amide bonds. The molecule has 0 aliphatic heterocycles. The summed E-state index contributed by atoms with van der Waals surface area (Å²) in [5.74, 6) is 0. The fourth-order valence-corrected chi connectivity index (χ4v) is 1.19. The van der Waals surface area contributed by atoms with Gasteiger partial charge in [-0.05, 0) is 5.56 Å². The summed E-state index contributed by atoms with van der Waals surface area (Å²) in [6.07, 6.45) is 0. The van der Waals surface area contributed by atoms with E-state index in [4.69, 9.17) is 4.84 Å². The molecule has 0 bridgehead atoms. The topological polar surface area (TPSA) is 64.4 Å². The summed E-state index contributed by atoms with van der Waals surface area (Å²) in [4.78, 5) is 14.7. The predicted octanol–water partition coefficient (Wildman–Crippen LogP) is 1.16. The first-order valence-electron chi connectivity index (χ1n) is 4.19. The highest BCUT2D eigenvalue weighted by molar-refractivity contribution is 5.18. The summed E-state index contributed by atoms with van der Waals surface area (Å²) in [6.45, 7) is -0.197. The van der Waals surface area contributed by atoms with Crippen LogP contribution in [0.5, 0.6) is 0 Å². The Balaban J connectivity index is 2.72. The first-order valence-corrected chi connectivity index (χ1v) is 4.19. The zero-order valence-corrected chi connectivity index (χ0v) is 7.84. The van der Waals surface area contributed by atoms with Crippen molar-refractivity contribution in [2.24, 2.45) is 0 Å².